The van der Waals surface area contributed by atoms with Crippen LogP contribution >= 0.6 is 0 Å². The predicted octanol–water partition coefficient (Wildman–Crippen LogP) is 3.58. The van der Waals surface area contributed by atoms with Crippen LogP contribution in [0.3, 0.4) is 0 Å². The van der Waals surface area contributed by atoms with Crippen LogP contribution in [0.1, 0.15) is 11.6 Å². The molecule has 0 aliphatic carbocycles. The second kappa shape index (κ2) is 7.31. The number of hydrogen-bond acceptors (Lipinski definition) is 4. The highest BCUT2D eigenvalue weighted by molar-refractivity contribution is 5.90. The van der Waals surface area contributed by atoms with Crippen molar-refractivity contribution in [3.63, 3.8) is 0 Å². The van der Waals surface area contributed by atoms with E-state index in [0.717, 1.165) is 17.0 Å². The van der Waals surface area contributed by atoms with Crippen molar-refractivity contribution in [2.24, 2.45) is 0 Å². The Morgan fingerprint density at radius 1 is 1.05 bits per heavy atom. The fourth-order valence-electron chi connectivity index (χ4n) is 2.12. The van der Waals surface area contributed by atoms with Gasteiger partial charge in [-0.3, -0.25) is 0 Å². The molecule has 1 atom stereocenters. The molecule has 0 unspecified atom stereocenters. The molecule has 0 spiro atoms. The Morgan fingerprint density at radius 2 is 1.68 bits per heavy atom. The molecule has 0 fully saturated rings. The highest BCUT2D eigenvalue weighted by Gasteiger charge is 2.21. The Labute approximate surface area is 130 Å². The molecule has 0 amide bonds. The first-order valence-corrected chi connectivity index (χ1v) is 6.88. The van der Waals surface area contributed by atoms with Crippen molar-refractivity contribution < 1.29 is 14.3 Å². The van der Waals surface area contributed by atoms with Crippen molar-refractivity contribution in [1.29, 1.82) is 0 Å². The number of carbonyl (C=O) groups is 1. The van der Waals surface area contributed by atoms with Gasteiger partial charge < -0.3 is 14.8 Å². The van der Waals surface area contributed by atoms with Crippen molar-refractivity contribution in [1.82, 2.24) is 0 Å². The summed E-state index contributed by atoms with van der Waals surface area (Å²) in [6, 6.07) is 16.8. The zero-order chi connectivity index (χ0) is 15.9. The molecule has 4 nitrogen and oxygen atoms in total. The number of ether oxygens (including phenoxy) is 2. The van der Waals surface area contributed by atoms with E-state index in [2.05, 4.69) is 11.9 Å². The van der Waals surface area contributed by atoms with Crippen molar-refractivity contribution >= 4 is 11.7 Å². The molecule has 0 saturated carbocycles. The van der Waals surface area contributed by atoms with Gasteiger partial charge in [0.1, 0.15) is 5.75 Å². The maximum absolute atomic E-state index is 11.8. The van der Waals surface area contributed by atoms with Gasteiger partial charge in [-0.1, -0.05) is 36.9 Å². The van der Waals surface area contributed by atoms with E-state index in [1.54, 1.807) is 7.11 Å². The van der Waals surface area contributed by atoms with E-state index in [-0.39, 0.29) is 6.04 Å². The number of benzene rings is 2. The summed E-state index contributed by atoms with van der Waals surface area (Å²) in [5, 5.41) is 3.31. The summed E-state index contributed by atoms with van der Waals surface area (Å²) in [5.41, 5.74) is 2.15. The standard InChI is InChI=1S/C18H19NO3/c1-13(18(20)22-3)17(14-7-5-4-6-8-14)19-15-9-11-16(21-2)12-10-15/h4-12,17,19H,1H2,2-3H3/t17-/m0/s1. The molecule has 0 aromatic heterocycles. The highest BCUT2D eigenvalue weighted by atomic mass is 16.5. The molecule has 0 aliphatic rings. The third kappa shape index (κ3) is 3.67. The molecule has 0 bridgehead atoms. The average Bonchev–Trinajstić information content (AvgIpc) is 2.59. The van der Waals surface area contributed by atoms with Gasteiger partial charge in [-0.15, -0.1) is 0 Å². The Kier molecular flexibility index (Phi) is 5.20. The summed E-state index contributed by atoms with van der Waals surface area (Å²) in [5.74, 6) is 0.337. The van der Waals surface area contributed by atoms with E-state index in [4.69, 9.17) is 9.47 Å². The van der Waals surface area contributed by atoms with Crippen molar-refractivity contribution in [2.45, 2.75) is 6.04 Å². The Bertz CT molecular complexity index is 635. The molecular weight excluding hydrogens is 278 g/mol. The van der Waals surface area contributed by atoms with E-state index in [1.807, 2.05) is 54.6 Å². The minimum Gasteiger partial charge on any atom is -0.497 e. The van der Waals surface area contributed by atoms with Crippen LogP contribution in [0.5, 0.6) is 5.75 Å². The molecule has 2 aromatic carbocycles. The van der Waals surface area contributed by atoms with E-state index in [1.165, 1.54) is 7.11 Å². The second-order valence-corrected chi connectivity index (χ2v) is 4.73. The number of anilines is 1. The first-order chi connectivity index (χ1) is 10.7. The number of rotatable bonds is 6. The molecule has 0 saturated heterocycles. The largest absolute Gasteiger partial charge is 0.497 e. The maximum Gasteiger partial charge on any atom is 0.335 e. The summed E-state index contributed by atoms with van der Waals surface area (Å²) < 4.78 is 9.93. The summed E-state index contributed by atoms with van der Waals surface area (Å²) >= 11 is 0. The molecule has 0 radical (unpaired) electrons. The first kappa shape index (κ1) is 15.6. The monoisotopic (exact) mass is 297 g/mol. The second-order valence-electron chi connectivity index (χ2n) is 4.73. The lowest BCUT2D eigenvalue weighted by molar-refractivity contribution is -0.136. The van der Waals surface area contributed by atoms with Crippen molar-refractivity contribution in [3.05, 3.63) is 72.3 Å². The number of hydrogen-bond donors (Lipinski definition) is 1. The number of esters is 1. The normalized spacial score (nSPS) is 11.4. The third-order valence-electron chi connectivity index (χ3n) is 3.33. The summed E-state index contributed by atoms with van der Waals surface area (Å²) in [6.07, 6.45) is 0. The molecule has 2 aromatic rings. The quantitative estimate of drug-likeness (QED) is 0.654. The molecule has 0 heterocycles. The van der Waals surface area contributed by atoms with Gasteiger partial charge in [-0.2, -0.15) is 0 Å². The molecule has 0 aliphatic heterocycles. The topological polar surface area (TPSA) is 47.6 Å². The van der Waals surface area contributed by atoms with E-state index in [9.17, 15) is 4.79 Å². The van der Waals surface area contributed by atoms with Gasteiger partial charge >= 0.3 is 5.97 Å². The van der Waals surface area contributed by atoms with Gasteiger partial charge in [0.25, 0.3) is 0 Å². The fraction of sp³-hybridized carbons (Fsp3) is 0.167. The average molecular weight is 297 g/mol. The third-order valence-corrected chi connectivity index (χ3v) is 3.33. The highest BCUT2D eigenvalue weighted by Crippen LogP contribution is 2.27. The van der Waals surface area contributed by atoms with Gasteiger partial charge in [0, 0.05) is 5.69 Å². The number of nitrogens with one attached hydrogen (secondary N) is 1. The Hall–Kier alpha value is -2.75. The summed E-state index contributed by atoms with van der Waals surface area (Å²) in [4.78, 5) is 11.8. The summed E-state index contributed by atoms with van der Waals surface area (Å²) in [6.45, 7) is 3.87. The van der Waals surface area contributed by atoms with Crippen LogP contribution in [0.15, 0.2) is 66.7 Å². The summed E-state index contributed by atoms with van der Waals surface area (Å²) in [7, 11) is 2.97. The van der Waals surface area contributed by atoms with Crippen LogP contribution in [0, 0.1) is 0 Å². The van der Waals surface area contributed by atoms with Crippen LogP contribution in [-0.4, -0.2) is 20.2 Å². The zero-order valence-electron chi connectivity index (χ0n) is 12.7. The van der Waals surface area contributed by atoms with Crippen LogP contribution in [0.4, 0.5) is 5.69 Å². The minimum atomic E-state index is -0.435. The predicted molar refractivity (Wildman–Crippen MR) is 87.0 cm³/mol. The zero-order valence-corrected chi connectivity index (χ0v) is 12.7. The minimum absolute atomic E-state index is 0.351. The van der Waals surface area contributed by atoms with Crippen LogP contribution in [-0.2, 0) is 9.53 Å². The SMILES string of the molecule is C=C(C(=O)OC)[C@H](Nc1ccc(OC)cc1)c1ccccc1. The maximum atomic E-state index is 11.8. The molecule has 4 heteroatoms. The van der Waals surface area contributed by atoms with Crippen molar-refractivity contribution in [2.75, 3.05) is 19.5 Å². The molecular formula is C18H19NO3. The first-order valence-electron chi connectivity index (χ1n) is 6.88. The van der Waals surface area contributed by atoms with E-state index in [0.29, 0.717) is 5.57 Å². The van der Waals surface area contributed by atoms with E-state index < -0.39 is 5.97 Å². The Morgan fingerprint density at radius 3 is 2.23 bits per heavy atom. The van der Waals surface area contributed by atoms with Gasteiger partial charge in [0.15, 0.2) is 0 Å². The van der Waals surface area contributed by atoms with Gasteiger partial charge in [0.2, 0.25) is 0 Å². The number of carbonyl (C=O) groups excluding carboxylic acids is 1. The smallest absolute Gasteiger partial charge is 0.335 e. The molecule has 1 N–H and O–H groups in total. The fourth-order valence-corrected chi connectivity index (χ4v) is 2.12. The Balaban J connectivity index is 2.27. The lowest BCUT2D eigenvalue weighted by Crippen LogP contribution is -2.19. The lowest BCUT2D eigenvalue weighted by Gasteiger charge is -2.21. The van der Waals surface area contributed by atoms with Gasteiger partial charge in [-0.25, -0.2) is 4.79 Å². The van der Waals surface area contributed by atoms with Crippen LogP contribution in [0.25, 0.3) is 0 Å². The van der Waals surface area contributed by atoms with Gasteiger partial charge in [-0.05, 0) is 29.8 Å². The van der Waals surface area contributed by atoms with Crippen LogP contribution < -0.4 is 10.1 Å². The van der Waals surface area contributed by atoms with Crippen molar-refractivity contribution in [3.8, 4) is 5.75 Å². The van der Waals surface area contributed by atoms with Crippen LogP contribution in [0.2, 0.25) is 0 Å². The van der Waals surface area contributed by atoms with Gasteiger partial charge in [0.05, 0.1) is 25.8 Å². The molecule has 114 valence electrons. The lowest BCUT2D eigenvalue weighted by atomic mass is 9.99. The molecule has 2 rings (SSSR count). The molecule has 22 heavy (non-hydrogen) atoms. The van der Waals surface area contributed by atoms with E-state index >= 15 is 0 Å². The number of methoxy groups -OCH3 is 2.